The molecule has 0 bridgehead atoms. The summed E-state index contributed by atoms with van der Waals surface area (Å²) in [5.74, 6) is -5.45. The molecule has 1 aliphatic heterocycles. The number of hydrogen-bond acceptors (Lipinski definition) is 3. The van der Waals surface area contributed by atoms with Crippen LogP contribution in [0.4, 0.5) is 17.6 Å². The van der Waals surface area contributed by atoms with Gasteiger partial charge in [-0.15, -0.1) is 0 Å². The van der Waals surface area contributed by atoms with Crippen molar-refractivity contribution in [2.45, 2.75) is 31.2 Å². The van der Waals surface area contributed by atoms with E-state index < -0.39 is 37.5 Å². The van der Waals surface area contributed by atoms with Gasteiger partial charge in [0.25, 0.3) is 0 Å². The zero-order valence-electron chi connectivity index (χ0n) is 9.93. The molecule has 0 radical (unpaired) electrons. The van der Waals surface area contributed by atoms with Gasteiger partial charge in [-0.2, -0.15) is 8.78 Å². The topological polar surface area (TPSA) is 67.4 Å². The van der Waals surface area contributed by atoms with Crippen LogP contribution in [0, 0.1) is 0 Å². The molecule has 0 aromatic heterocycles. The standard InChI is InChI=1S/C10H14F4N2O3/c11-9(12)10(13,14)5-19-4-7(17)16-6-2-1-3-15-8(6)18/h6,9H,1-5H2,(H,15,18)(H,16,17)/t6-/m1/s1. The highest BCUT2D eigenvalue weighted by Gasteiger charge is 2.41. The first kappa shape index (κ1) is 15.7. The third-order valence-corrected chi connectivity index (χ3v) is 2.47. The lowest BCUT2D eigenvalue weighted by Crippen LogP contribution is -2.51. The highest BCUT2D eigenvalue weighted by molar-refractivity contribution is 5.88. The molecule has 0 unspecified atom stereocenters. The maximum absolute atomic E-state index is 12.4. The molecule has 0 aromatic rings. The number of ether oxygens (including phenoxy) is 1. The number of piperidine rings is 1. The third-order valence-electron chi connectivity index (χ3n) is 2.47. The van der Waals surface area contributed by atoms with Gasteiger partial charge in [0, 0.05) is 6.54 Å². The van der Waals surface area contributed by atoms with Gasteiger partial charge < -0.3 is 15.4 Å². The van der Waals surface area contributed by atoms with Gasteiger partial charge in [-0.25, -0.2) is 8.78 Å². The normalized spacial score (nSPS) is 20.3. The summed E-state index contributed by atoms with van der Waals surface area (Å²) in [5.41, 5.74) is 0. The van der Waals surface area contributed by atoms with Crippen LogP contribution in [-0.2, 0) is 14.3 Å². The van der Waals surface area contributed by atoms with Crippen LogP contribution in [-0.4, -0.2) is 50.0 Å². The Bertz CT molecular complexity index is 339. The van der Waals surface area contributed by atoms with Gasteiger partial charge in [-0.3, -0.25) is 9.59 Å². The molecule has 0 spiro atoms. The summed E-state index contributed by atoms with van der Waals surface area (Å²) in [6.45, 7) is -1.83. The summed E-state index contributed by atoms with van der Waals surface area (Å²) >= 11 is 0. The fourth-order valence-electron chi connectivity index (χ4n) is 1.49. The summed E-state index contributed by atoms with van der Waals surface area (Å²) in [6.07, 6.45) is -2.73. The lowest BCUT2D eigenvalue weighted by molar-refractivity contribution is -0.168. The van der Waals surface area contributed by atoms with Crippen molar-refractivity contribution in [2.24, 2.45) is 0 Å². The minimum absolute atomic E-state index is 0.363. The van der Waals surface area contributed by atoms with E-state index in [0.29, 0.717) is 19.4 Å². The van der Waals surface area contributed by atoms with Gasteiger partial charge in [0.15, 0.2) is 0 Å². The number of alkyl halides is 4. The summed E-state index contributed by atoms with van der Waals surface area (Å²) < 4.78 is 52.7. The first-order chi connectivity index (χ1) is 8.83. The van der Waals surface area contributed by atoms with Gasteiger partial charge in [0.1, 0.15) is 19.3 Å². The fourth-order valence-corrected chi connectivity index (χ4v) is 1.49. The van der Waals surface area contributed by atoms with E-state index in [1.165, 1.54) is 0 Å². The second-order valence-electron chi connectivity index (χ2n) is 4.11. The van der Waals surface area contributed by atoms with Gasteiger partial charge in [0.05, 0.1) is 0 Å². The van der Waals surface area contributed by atoms with Crippen molar-refractivity contribution in [3.63, 3.8) is 0 Å². The fraction of sp³-hybridized carbons (Fsp3) is 0.800. The molecule has 1 heterocycles. The first-order valence-electron chi connectivity index (χ1n) is 5.63. The van der Waals surface area contributed by atoms with Gasteiger partial charge >= 0.3 is 12.3 Å². The third kappa shape index (κ3) is 5.01. The number of halogens is 4. The van der Waals surface area contributed by atoms with Crippen LogP contribution in [0.2, 0.25) is 0 Å². The Hall–Kier alpha value is -1.38. The van der Waals surface area contributed by atoms with Gasteiger partial charge in [-0.05, 0) is 12.8 Å². The lowest BCUT2D eigenvalue weighted by atomic mass is 10.1. The van der Waals surface area contributed by atoms with Crippen LogP contribution in [0.3, 0.4) is 0 Å². The van der Waals surface area contributed by atoms with E-state index in [1.807, 2.05) is 0 Å². The number of carbonyl (C=O) groups excluding carboxylic acids is 2. The molecule has 0 aromatic carbocycles. The minimum Gasteiger partial charge on any atom is -0.365 e. The zero-order valence-corrected chi connectivity index (χ0v) is 9.93. The molecule has 19 heavy (non-hydrogen) atoms. The Morgan fingerprint density at radius 2 is 2.21 bits per heavy atom. The Labute approximate surface area is 106 Å². The molecular weight excluding hydrogens is 272 g/mol. The largest absolute Gasteiger partial charge is 0.365 e. The zero-order chi connectivity index (χ0) is 14.5. The van der Waals surface area contributed by atoms with Crippen LogP contribution in [0.5, 0.6) is 0 Å². The second-order valence-corrected chi connectivity index (χ2v) is 4.11. The van der Waals surface area contributed by atoms with E-state index in [1.54, 1.807) is 0 Å². The SMILES string of the molecule is O=C(COCC(F)(F)C(F)F)N[C@@H]1CCCNC1=O. The van der Waals surface area contributed by atoms with Crippen molar-refractivity contribution in [3.05, 3.63) is 0 Å². The molecule has 0 aliphatic carbocycles. The highest BCUT2D eigenvalue weighted by atomic mass is 19.3. The van der Waals surface area contributed by atoms with Crippen molar-refractivity contribution < 1.29 is 31.9 Å². The molecule has 1 fully saturated rings. The molecule has 110 valence electrons. The number of carbonyl (C=O) groups is 2. The van der Waals surface area contributed by atoms with Crippen molar-refractivity contribution in [3.8, 4) is 0 Å². The molecule has 5 nitrogen and oxygen atoms in total. The molecule has 1 saturated heterocycles. The molecular formula is C10H14F4N2O3. The first-order valence-corrected chi connectivity index (χ1v) is 5.63. The van der Waals surface area contributed by atoms with E-state index in [4.69, 9.17) is 0 Å². The number of nitrogens with one attached hydrogen (secondary N) is 2. The van der Waals surface area contributed by atoms with Crippen LogP contribution in [0.25, 0.3) is 0 Å². The highest BCUT2D eigenvalue weighted by Crippen LogP contribution is 2.22. The summed E-state index contributed by atoms with van der Waals surface area (Å²) in [6, 6.07) is -0.736. The Kier molecular flexibility index (Phi) is 5.52. The predicted molar refractivity (Wildman–Crippen MR) is 55.9 cm³/mol. The maximum Gasteiger partial charge on any atom is 0.330 e. The Balaban J connectivity index is 2.26. The average Bonchev–Trinajstić information content (AvgIpc) is 2.31. The van der Waals surface area contributed by atoms with E-state index in [9.17, 15) is 27.2 Å². The minimum atomic E-state index is -4.29. The van der Waals surface area contributed by atoms with Crippen LogP contribution < -0.4 is 10.6 Å². The maximum atomic E-state index is 12.4. The van der Waals surface area contributed by atoms with E-state index >= 15 is 0 Å². The number of hydrogen-bond donors (Lipinski definition) is 2. The quantitative estimate of drug-likeness (QED) is 0.690. The van der Waals surface area contributed by atoms with Gasteiger partial charge in [-0.1, -0.05) is 0 Å². The predicted octanol–water partition coefficient (Wildman–Crippen LogP) is 0.298. The van der Waals surface area contributed by atoms with Crippen molar-refractivity contribution >= 4 is 11.8 Å². The van der Waals surface area contributed by atoms with Crippen molar-refractivity contribution in [2.75, 3.05) is 19.8 Å². The lowest BCUT2D eigenvalue weighted by Gasteiger charge is -2.23. The molecule has 0 saturated carbocycles. The number of amides is 2. The Morgan fingerprint density at radius 3 is 2.79 bits per heavy atom. The van der Waals surface area contributed by atoms with E-state index in [0.717, 1.165) is 0 Å². The van der Waals surface area contributed by atoms with E-state index in [2.05, 4.69) is 15.4 Å². The van der Waals surface area contributed by atoms with Crippen LogP contribution in [0.1, 0.15) is 12.8 Å². The molecule has 1 atom stereocenters. The molecule has 2 N–H and O–H groups in total. The molecule has 1 aliphatic rings. The summed E-state index contributed by atoms with van der Waals surface area (Å²) in [4.78, 5) is 22.5. The van der Waals surface area contributed by atoms with Crippen molar-refractivity contribution in [1.29, 1.82) is 0 Å². The van der Waals surface area contributed by atoms with E-state index in [-0.39, 0.29) is 5.91 Å². The second kappa shape index (κ2) is 6.69. The molecule has 9 heteroatoms. The number of rotatable bonds is 6. The molecule has 2 amide bonds. The monoisotopic (exact) mass is 286 g/mol. The average molecular weight is 286 g/mol. The van der Waals surface area contributed by atoms with Crippen LogP contribution in [0.15, 0.2) is 0 Å². The molecule has 1 rings (SSSR count). The smallest absolute Gasteiger partial charge is 0.330 e. The van der Waals surface area contributed by atoms with Crippen LogP contribution >= 0.6 is 0 Å². The Morgan fingerprint density at radius 1 is 1.53 bits per heavy atom. The summed E-state index contributed by atoms with van der Waals surface area (Å²) in [5, 5.41) is 4.79. The van der Waals surface area contributed by atoms with Crippen molar-refractivity contribution in [1.82, 2.24) is 10.6 Å². The van der Waals surface area contributed by atoms with Gasteiger partial charge in [0.2, 0.25) is 11.8 Å². The summed E-state index contributed by atoms with van der Waals surface area (Å²) in [7, 11) is 0.